The van der Waals surface area contributed by atoms with E-state index in [9.17, 15) is 9.59 Å². The van der Waals surface area contributed by atoms with Gasteiger partial charge in [-0.05, 0) is 25.0 Å². The first kappa shape index (κ1) is 23.8. The van der Waals surface area contributed by atoms with Crippen molar-refractivity contribution in [3.8, 4) is 11.5 Å². The molecule has 0 bridgehead atoms. The second kappa shape index (κ2) is 11.6. The van der Waals surface area contributed by atoms with Gasteiger partial charge in [0, 0.05) is 13.5 Å². The van der Waals surface area contributed by atoms with Crippen LogP contribution in [0.25, 0.3) is 0 Å². The van der Waals surface area contributed by atoms with Gasteiger partial charge in [0.05, 0.1) is 19.8 Å². The van der Waals surface area contributed by atoms with Gasteiger partial charge < -0.3 is 34.3 Å². The van der Waals surface area contributed by atoms with E-state index in [4.69, 9.17) is 29.4 Å². The molecule has 1 aromatic rings. The number of para-hydroxylation sites is 2. The van der Waals surface area contributed by atoms with Crippen LogP contribution in [0, 0.1) is 5.92 Å². The molecule has 1 amide bonds. The largest absolute Gasteiger partial charge is 0.490 e. The molecule has 0 aromatic heterocycles. The zero-order valence-electron chi connectivity index (χ0n) is 18.0. The van der Waals surface area contributed by atoms with Crippen LogP contribution in [-0.2, 0) is 19.0 Å². The first-order valence-corrected chi connectivity index (χ1v) is 10.2. The van der Waals surface area contributed by atoms with Crippen LogP contribution in [0.2, 0.25) is 0 Å². The average molecular weight is 424 g/mol. The van der Waals surface area contributed by atoms with E-state index in [1.165, 1.54) is 11.8 Å². The summed E-state index contributed by atoms with van der Waals surface area (Å²) in [5.74, 6) is 0.590. The van der Waals surface area contributed by atoms with Crippen LogP contribution in [0.4, 0.5) is 4.79 Å². The number of hydrogen-bond acceptors (Lipinski definition) is 8. The highest BCUT2D eigenvalue weighted by Crippen LogP contribution is 2.26. The maximum absolute atomic E-state index is 12.4. The molecule has 30 heavy (non-hydrogen) atoms. The zero-order valence-corrected chi connectivity index (χ0v) is 18.0. The van der Waals surface area contributed by atoms with Gasteiger partial charge in [0.15, 0.2) is 11.5 Å². The van der Waals surface area contributed by atoms with Crippen LogP contribution in [0.3, 0.4) is 0 Å². The molecule has 0 spiro atoms. The number of carbonyl (C=O) groups is 2. The van der Waals surface area contributed by atoms with Gasteiger partial charge in [-0.3, -0.25) is 4.79 Å². The van der Waals surface area contributed by atoms with E-state index in [1.54, 1.807) is 0 Å². The van der Waals surface area contributed by atoms with Crippen LogP contribution < -0.4 is 15.2 Å². The minimum Gasteiger partial charge on any atom is -0.490 e. The predicted molar refractivity (Wildman–Crippen MR) is 109 cm³/mol. The summed E-state index contributed by atoms with van der Waals surface area (Å²) in [5.41, 5.74) is 5.75. The maximum Gasteiger partial charge on any atom is 0.413 e. The molecule has 1 heterocycles. The topological polar surface area (TPSA) is 110 Å². The minimum atomic E-state index is -1.04. The van der Waals surface area contributed by atoms with E-state index < -0.39 is 24.4 Å². The van der Waals surface area contributed by atoms with Crippen LogP contribution in [0.1, 0.15) is 27.7 Å². The number of ether oxygens (including phenoxy) is 5. The number of rotatable bonds is 9. The fraction of sp³-hybridized carbons (Fsp3) is 0.619. The Labute approximate surface area is 177 Å². The molecular weight excluding hydrogens is 392 g/mol. The summed E-state index contributed by atoms with van der Waals surface area (Å²) >= 11 is 0. The SMILES string of the molecule is CCOc1ccccc1OC[C@H]1CN(C(=O)O[C@H](C)OC(=O)[C@H](N)C(C)C)CCO1. The lowest BCUT2D eigenvalue weighted by molar-refractivity contribution is -0.169. The fourth-order valence-electron chi connectivity index (χ4n) is 2.77. The minimum absolute atomic E-state index is 0.0757. The van der Waals surface area contributed by atoms with Gasteiger partial charge in [0.2, 0.25) is 6.29 Å². The van der Waals surface area contributed by atoms with Gasteiger partial charge in [0.1, 0.15) is 18.8 Å². The van der Waals surface area contributed by atoms with Crippen molar-refractivity contribution in [1.29, 1.82) is 0 Å². The van der Waals surface area contributed by atoms with E-state index in [1.807, 2.05) is 45.0 Å². The van der Waals surface area contributed by atoms with Crippen LogP contribution in [0.15, 0.2) is 24.3 Å². The van der Waals surface area contributed by atoms with Crippen molar-refractivity contribution in [2.75, 3.05) is 32.9 Å². The summed E-state index contributed by atoms with van der Waals surface area (Å²) in [6.45, 7) is 8.80. The molecule has 9 nitrogen and oxygen atoms in total. The Morgan fingerprint density at radius 1 is 1.17 bits per heavy atom. The standard InChI is InChI=1S/C21H32N2O7/c1-5-26-17-8-6-7-9-18(17)28-13-16-12-23(10-11-27-16)21(25)30-15(4)29-20(24)19(22)14(2)3/h6-9,14-16,19H,5,10-13,22H2,1-4H3/t15-,16-,19-/m1/s1. The van der Waals surface area contributed by atoms with Crippen molar-refractivity contribution in [2.45, 2.75) is 46.1 Å². The quantitative estimate of drug-likeness (QED) is 0.474. The molecule has 1 aromatic carbocycles. The molecule has 0 radical (unpaired) electrons. The molecule has 2 N–H and O–H groups in total. The van der Waals surface area contributed by atoms with Crippen molar-refractivity contribution in [1.82, 2.24) is 4.90 Å². The molecule has 1 aliphatic rings. The monoisotopic (exact) mass is 424 g/mol. The van der Waals surface area contributed by atoms with E-state index in [0.29, 0.717) is 37.8 Å². The molecule has 3 atom stereocenters. The summed E-state index contributed by atoms with van der Waals surface area (Å²) in [5, 5.41) is 0. The highest BCUT2D eigenvalue weighted by atomic mass is 16.7. The molecule has 9 heteroatoms. The molecule has 168 valence electrons. The smallest absolute Gasteiger partial charge is 0.413 e. The predicted octanol–water partition coefficient (Wildman–Crippen LogP) is 2.17. The summed E-state index contributed by atoms with van der Waals surface area (Å²) in [6.07, 6.45) is -1.95. The first-order valence-electron chi connectivity index (χ1n) is 10.2. The van der Waals surface area contributed by atoms with Crippen molar-refractivity contribution < 1.29 is 33.3 Å². The number of amides is 1. The Hall–Kier alpha value is -2.52. The van der Waals surface area contributed by atoms with Crippen molar-refractivity contribution in [2.24, 2.45) is 11.7 Å². The lowest BCUT2D eigenvalue weighted by atomic mass is 10.1. The molecule has 1 aliphatic heterocycles. The lowest BCUT2D eigenvalue weighted by Gasteiger charge is -2.32. The van der Waals surface area contributed by atoms with Crippen molar-refractivity contribution >= 4 is 12.1 Å². The second-order valence-electron chi connectivity index (χ2n) is 7.29. The third-order valence-electron chi connectivity index (χ3n) is 4.51. The lowest BCUT2D eigenvalue weighted by Crippen LogP contribution is -2.48. The van der Waals surface area contributed by atoms with Gasteiger partial charge in [-0.15, -0.1) is 0 Å². The molecule has 2 rings (SSSR count). The maximum atomic E-state index is 12.4. The second-order valence-corrected chi connectivity index (χ2v) is 7.29. The first-order chi connectivity index (χ1) is 14.3. The van der Waals surface area contributed by atoms with Gasteiger partial charge in [-0.25, -0.2) is 4.79 Å². The van der Waals surface area contributed by atoms with E-state index in [0.717, 1.165) is 0 Å². The highest BCUT2D eigenvalue weighted by molar-refractivity contribution is 5.76. The molecule has 0 saturated carbocycles. The molecular formula is C21H32N2O7. The third-order valence-corrected chi connectivity index (χ3v) is 4.51. The molecule has 1 fully saturated rings. The Kier molecular flexibility index (Phi) is 9.19. The molecule has 0 aliphatic carbocycles. The Balaban J connectivity index is 1.82. The summed E-state index contributed by atoms with van der Waals surface area (Å²) < 4.78 is 27.4. The van der Waals surface area contributed by atoms with E-state index in [2.05, 4.69) is 0 Å². The van der Waals surface area contributed by atoms with E-state index in [-0.39, 0.29) is 18.6 Å². The Morgan fingerprint density at radius 3 is 2.47 bits per heavy atom. The zero-order chi connectivity index (χ0) is 22.1. The summed E-state index contributed by atoms with van der Waals surface area (Å²) in [6, 6.07) is 6.61. The van der Waals surface area contributed by atoms with Crippen molar-refractivity contribution in [3.63, 3.8) is 0 Å². The number of morpholine rings is 1. The normalized spacial score (nSPS) is 18.5. The fourth-order valence-corrected chi connectivity index (χ4v) is 2.77. The third kappa shape index (κ3) is 7.07. The summed E-state index contributed by atoms with van der Waals surface area (Å²) in [4.78, 5) is 25.8. The van der Waals surface area contributed by atoms with E-state index >= 15 is 0 Å². The number of carbonyl (C=O) groups excluding carboxylic acids is 2. The molecule has 0 unspecified atom stereocenters. The Morgan fingerprint density at radius 2 is 1.83 bits per heavy atom. The highest BCUT2D eigenvalue weighted by Gasteiger charge is 2.28. The number of nitrogens with two attached hydrogens (primary N) is 1. The van der Waals surface area contributed by atoms with Gasteiger partial charge >= 0.3 is 12.1 Å². The number of esters is 1. The summed E-state index contributed by atoms with van der Waals surface area (Å²) in [7, 11) is 0. The van der Waals surface area contributed by atoms with Crippen LogP contribution >= 0.6 is 0 Å². The number of hydrogen-bond donors (Lipinski definition) is 1. The van der Waals surface area contributed by atoms with Gasteiger partial charge in [-0.1, -0.05) is 26.0 Å². The Bertz CT molecular complexity index is 698. The van der Waals surface area contributed by atoms with Crippen LogP contribution in [0.5, 0.6) is 11.5 Å². The number of benzene rings is 1. The number of nitrogens with zero attached hydrogens (tertiary/aromatic N) is 1. The average Bonchev–Trinajstić information content (AvgIpc) is 2.72. The van der Waals surface area contributed by atoms with Gasteiger partial charge in [0.25, 0.3) is 0 Å². The molecule has 1 saturated heterocycles. The van der Waals surface area contributed by atoms with Crippen LogP contribution in [-0.4, -0.2) is 68.3 Å². The van der Waals surface area contributed by atoms with Crippen molar-refractivity contribution in [3.05, 3.63) is 24.3 Å². The van der Waals surface area contributed by atoms with Gasteiger partial charge in [-0.2, -0.15) is 0 Å².